The fraction of sp³-hybridized carbons (Fsp3) is 0.385. The van der Waals surface area contributed by atoms with Crippen LogP contribution in [0.3, 0.4) is 0 Å². The zero-order valence-corrected chi connectivity index (χ0v) is 11.3. The number of rotatable bonds is 4. The van der Waals surface area contributed by atoms with E-state index in [1.165, 1.54) is 12.1 Å². The molecule has 2 N–H and O–H groups in total. The van der Waals surface area contributed by atoms with E-state index >= 15 is 0 Å². The SMILES string of the molecule is O=[N+]([O-])c1cccc(Nc2nnc(C3CCCCN3)o2)c1. The Morgan fingerprint density at radius 3 is 3.05 bits per heavy atom. The molecule has 0 amide bonds. The Morgan fingerprint density at radius 1 is 1.38 bits per heavy atom. The van der Waals surface area contributed by atoms with Crippen molar-refractivity contribution in [3.05, 3.63) is 40.3 Å². The summed E-state index contributed by atoms with van der Waals surface area (Å²) in [5.74, 6) is 0.544. The predicted octanol–water partition coefficient (Wildman–Crippen LogP) is 2.54. The number of non-ortho nitro benzene ring substituents is 1. The van der Waals surface area contributed by atoms with Gasteiger partial charge in [-0.3, -0.25) is 10.1 Å². The van der Waals surface area contributed by atoms with E-state index in [0.717, 1.165) is 25.8 Å². The van der Waals surface area contributed by atoms with Crippen LogP contribution < -0.4 is 10.6 Å². The zero-order chi connectivity index (χ0) is 14.7. The van der Waals surface area contributed by atoms with Crippen LogP contribution in [0.4, 0.5) is 17.4 Å². The van der Waals surface area contributed by atoms with Crippen molar-refractivity contribution in [3.63, 3.8) is 0 Å². The summed E-state index contributed by atoms with van der Waals surface area (Å²) >= 11 is 0. The zero-order valence-electron chi connectivity index (χ0n) is 11.3. The number of nitro groups is 1. The maximum absolute atomic E-state index is 10.7. The van der Waals surface area contributed by atoms with Crippen molar-refractivity contribution in [1.82, 2.24) is 15.5 Å². The molecule has 3 rings (SSSR count). The number of benzene rings is 1. The Balaban J connectivity index is 1.72. The van der Waals surface area contributed by atoms with Crippen molar-refractivity contribution in [2.75, 3.05) is 11.9 Å². The Kier molecular flexibility index (Phi) is 3.78. The van der Waals surface area contributed by atoms with Gasteiger partial charge in [0, 0.05) is 17.8 Å². The number of hydrogen-bond acceptors (Lipinski definition) is 7. The van der Waals surface area contributed by atoms with Gasteiger partial charge in [0.2, 0.25) is 5.89 Å². The van der Waals surface area contributed by atoms with Gasteiger partial charge in [-0.1, -0.05) is 17.6 Å². The van der Waals surface area contributed by atoms with Crippen LogP contribution in [0, 0.1) is 10.1 Å². The molecule has 0 bridgehead atoms. The van der Waals surface area contributed by atoms with Crippen molar-refractivity contribution < 1.29 is 9.34 Å². The molecule has 0 aliphatic carbocycles. The molecule has 2 aromatic rings. The Morgan fingerprint density at radius 2 is 2.29 bits per heavy atom. The highest BCUT2D eigenvalue weighted by atomic mass is 16.6. The maximum Gasteiger partial charge on any atom is 0.320 e. The minimum absolute atomic E-state index is 0.00804. The van der Waals surface area contributed by atoms with Crippen LogP contribution >= 0.6 is 0 Å². The molecule has 8 heteroatoms. The van der Waals surface area contributed by atoms with Gasteiger partial charge in [-0.25, -0.2) is 0 Å². The first-order valence-corrected chi connectivity index (χ1v) is 6.80. The highest BCUT2D eigenvalue weighted by molar-refractivity contribution is 5.56. The topological polar surface area (TPSA) is 106 Å². The van der Waals surface area contributed by atoms with Crippen molar-refractivity contribution in [2.45, 2.75) is 25.3 Å². The molecule has 0 spiro atoms. The molecule has 1 aromatic heterocycles. The molecule has 110 valence electrons. The summed E-state index contributed by atoms with van der Waals surface area (Å²) in [4.78, 5) is 10.3. The molecule has 0 saturated carbocycles. The van der Waals surface area contributed by atoms with E-state index in [4.69, 9.17) is 4.42 Å². The number of nitrogens with zero attached hydrogens (tertiary/aromatic N) is 3. The summed E-state index contributed by atoms with van der Waals surface area (Å²) in [5, 5.41) is 24.9. The van der Waals surface area contributed by atoms with Crippen LogP contribution in [0.5, 0.6) is 0 Å². The van der Waals surface area contributed by atoms with E-state index in [2.05, 4.69) is 20.8 Å². The van der Waals surface area contributed by atoms with E-state index in [0.29, 0.717) is 11.6 Å². The standard InChI is InChI=1S/C13H15N5O3/c19-18(20)10-5-3-4-9(8-10)15-13-17-16-12(21-13)11-6-1-2-7-14-11/h3-5,8,11,14H,1-2,6-7H2,(H,15,17). The highest BCUT2D eigenvalue weighted by Gasteiger charge is 2.20. The van der Waals surface area contributed by atoms with E-state index < -0.39 is 4.92 Å². The average Bonchev–Trinajstić information content (AvgIpc) is 2.97. The molecule has 0 radical (unpaired) electrons. The average molecular weight is 289 g/mol. The molecular formula is C13H15N5O3. The predicted molar refractivity (Wildman–Crippen MR) is 75.3 cm³/mol. The second-order valence-electron chi connectivity index (χ2n) is 4.88. The smallest absolute Gasteiger partial charge is 0.320 e. The van der Waals surface area contributed by atoms with Gasteiger partial charge in [-0.2, -0.15) is 0 Å². The Hall–Kier alpha value is -2.48. The van der Waals surface area contributed by atoms with E-state index in [1.54, 1.807) is 12.1 Å². The molecule has 1 aromatic carbocycles. The number of piperidine rings is 1. The molecule has 1 fully saturated rings. The molecule has 21 heavy (non-hydrogen) atoms. The van der Waals surface area contributed by atoms with E-state index in [9.17, 15) is 10.1 Å². The molecular weight excluding hydrogens is 274 g/mol. The van der Waals surface area contributed by atoms with Gasteiger partial charge in [-0.05, 0) is 25.5 Å². The first-order valence-electron chi connectivity index (χ1n) is 6.80. The lowest BCUT2D eigenvalue weighted by molar-refractivity contribution is -0.384. The fourth-order valence-corrected chi connectivity index (χ4v) is 2.31. The summed E-state index contributed by atoms with van der Waals surface area (Å²) in [5.41, 5.74) is 0.546. The van der Waals surface area contributed by atoms with Gasteiger partial charge >= 0.3 is 6.01 Å². The molecule has 8 nitrogen and oxygen atoms in total. The quantitative estimate of drug-likeness (QED) is 0.658. The fourth-order valence-electron chi connectivity index (χ4n) is 2.31. The third kappa shape index (κ3) is 3.16. The van der Waals surface area contributed by atoms with Crippen LogP contribution in [-0.4, -0.2) is 21.7 Å². The Bertz CT molecular complexity index is 636. The molecule has 2 heterocycles. The van der Waals surface area contributed by atoms with Crippen LogP contribution in [0.25, 0.3) is 0 Å². The number of nitro benzene ring substituents is 1. The summed E-state index contributed by atoms with van der Waals surface area (Å²) in [6, 6.07) is 6.47. The monoisotopic (exact) mass is 289 g/mol. The molecule has 1 unspecified atom stereocenters. The van der Waals surface area contributed by atoms with Gasteiger partial charge < -0.3 is 15.1 Å². The minimum atomic E-state index is -0.448. The lowest BCUT2D eigenvalue weighted by Crippen LogP contribution is -2.26. The number of nitrogens with one attached hydrogen (secondary N) is 2. The van der Waals surface area contributed by atoms with Gasteiger partial charge in [-0.15, -0.1) is 5.10 Å². The highest BCUT2D eigenvalue weighted by Crippen LogP contribution is 2.25. The molecule has 1 aliphatic rings. The second-order valence-corrected chi connectivity index (χ2v) is 4.88. The van der Waals surface area contributed by atoms with Gasteiger partial charge in [0.05, 0.1) is 11.0 Å². The molecule has 1 aliphatic heterocycles. The van der Waals surface area contributed by atoms with E-state index in [1.807, 2.05) is 0 Å². The summed E-state index contributed by atoms with van der Waals surface area (Å²) in [7, 11) is 0. The first kappa shape index (κ1) is 13.5. The van der Waals surface area contributed by atoms with Crippen LogP contribution in [0.15, 0.2) is 28.7 Å². The van der Waals surface area contributed by atoms with Crippen molar-refractivity contribution >= 4 is 17.4 Å². The van der Waals surface area contributed by atoms with Gasteiger partial charge in [0.15, 0.2) is 0 Å². The maximum atomic E-state index is 10.7. The van der Waals surface area contributed by atoms with Crippen LogP contribution in [0.2, 0.25) is 0 Å². The van der Waals surface area contributed by atoms with Crippen molar-refractivity contribution in [3.8, 4) is 0 Å². The second kappa shape index (κ2) is 5.88. The van der Waals surface area contributed by atoms with Gasteiger partial charge in [0.1, 0.15) is 0 Å². The molecule has 1 atom stereocenters. The lowest BCUT2D eigenvalue weighted by Gasteiger charge is -2.19. The minimum Gasteiger partial charge on any atom is -0.406 e. The van der Waals surface area contributed by atoms with Crippen LogP contribution in [0.1, 0.15) is 31.2 Å². The number of aromatic nitrogens is 2. The van der Waals surface area contributed by atoms with Crippen molar-refractivity contribution in [1.29, 1.82) is 0 Å². The Labute approximate surface area is 120 Å². The number of anilines is 2. The number of hydrogen-bond donors (Lipinski definition) is 2. The van der Waals surface area contributed by atoms with E-state index in [-0.39, 0.29) is 17.7 Å². The van der Waals surface area contributed by atoms with Crippen molar-refractivity contribution in [2.24, 2.45) is 0 Å². The largest absolute Gasteiger partial charge is 0.406 e. The van der Waals surface area contributed by atoms with Crippen LogP contribution in [-0.2, 0) is 0 Å². The lowest BCUT2D eigenvalue weighted by atomic mass is 10.1. The first-order chi connectivity index (χ1) is 10.2. The summed E-state index contributed by atoms with van der Waals surface area (Å²) < 4.78 is 5.56. The molecule has 1 saturated heterocycles. The third-order valence-corrected chi connectivity index (χ3v) is 3.36. The third-order valence-electron chi connectivity index (χ3n) is 3.36. The summed E-state index contributed by atoms with van der Waals surface area (Å²) in [6.07, 6.45) is 3.26. The normalized spacial score (nSPS) is 18.4. The summed E-state index contributed by atoms with van der Waals surface area (Å²) in [6.45, 7) is 0.945. The van der Waals surface area contributed by atoms with Gasteiger partial charge in [0.25, 0.3) is 5.69 Å².